The molecule has 0 fully saturated rings. The van der Waals surface area contributed by atoms with Gasteiger partial charge in [-0.3, -0.25) is 4.79 Å². The Balaban J connectivity index is 3.38. The number of unbranched alkanes of at least 4 members (excludes halogenated alkanes) is 10. The van der Waals surface area contributed by atoms with Gasteiger partial charge in [0, 0.05) is 6.54 Å². The molecular weight excluding hydrogens is 394 g/mol. The van der Waals surface area contributed by atoms with Crippen LogP contribution in [0.15, 0.2) is 0 Å². The first-order valence-corrected chi connectivity index (χ1v) is 12.6. The fourth-order valence-electron chi connectivity index (χ4n) is 2.85. The molecule has 0 aromatic heterocycles. The topological polar surface area (TPSA) is 98.8 Å². The molecule has 0 heterocycles. The van der Waals surface area contributed by atoms with E-state index in [2.05, 4.69) is 10.1 Å². The molecule has 172 valence electrons. The van der Waals surface area contributed by atoms with Gasteiger partial charge in [-0.15, -0.1) is 0 Å². The van der Waals surface area contributed by atoms with Crippen molar-refractivity contribution in [3.05, 3.63) is 0 Å². The number of rotatable bonds is 16. The first-order chi connectivity index (χ1) is 13.6. The van der Waals surface area contributed by atoms with Gasteiger partial charge < -0.3 is 14.8 Å². The summed E-state index contributed by atoms with van der Waals surface area (Å²) in [6.45, 7) is 6.21. The lowest BCUT2D eigenvalue weighted by atomic mass is 10.1. The van der Waals surface area contributed by atoms with Crippen LogP contribution in [0.1, 0.15) is 91.4 Å². The van der Waals surface area contributed by atoms with Crippen LogP contribution in [-0.2, 0) is 24.1 Å². The lowest BCUT2D eigenvalue weighted by Gasteiger charge is -2.19. The number of hydrogen-bond acceptors (Lipinski definition) is 6. The molecule has 0 aromatic rings. The van der Waals surface area contributed by atoms with Crippen LogP contribution in [0.5, 0.6) is 0 Å². The zero-order valence-corrected chi connectivity index (χ0v) is 19.6. The van der Waals surface area contributed by atoms with E-state index in [1.54, 1.807) is 0 Å². The Labute approximate surface area is 177 Å². The van der Waals surface area contributed by atoms with Crippen LogP contribution in [0, 0.1) is 0 Å². The molecule has 0 bridgehead atoms. The molecule has 0 saturated carbocycles. The number of hydrogen-bond donors (Lipinski definition) is 1. The highest BCUT2D eigenvalue weighted by atomic mass is 32.2. The molecule has 1 amide bonds. The third-order valence-electron chi connectivity index (χ3n) is 4.37. The molecule has 0 spiro atoms. The molecule has 0 unspecified atom stereocenters. The highest BCUT2D eigenvalue weighted by Gasteiger charge is 2.16. The van der Waals surface area contributed by atoms with Crippen LogP contribution in [0.2, 0.25) is 0 Å². The molecule has 1 N–H and O–H groups in total. The van der Waals surface area contributed by atoms with Crippen LogP contribution in [-0.4, -0.2) is 51.2 Å². The molecule has 0 aromatic carbocycles. The van der Waals surface area contributed by atoms with E-state index in [0.717, 1.165) is 32.1 Å². The van der Waals surface area contributed by atoms with Crippen molar-refractivity contribution in [2.24, 2.45) is 0 Å². The van der Waals surface area contributed by atoms with Crippen molar-refractivity contribution in [1.82, 2.24) is 5.32 Å². The maximum Gasteiger partial charge on any atom is 0.407 e. The fourth-order valence-corrected chi connectivity index (χ4v) is 4.12. The lowest BCUT2D eigenvalue weighted by molar-refractivity contribution is -0.137. The SMILES string of the molecule is COC(=O)CS(=O)(=O)CCCCCCCCCCCCCNC(=O)OC(C)(C)C. The summed E-state index contributed by atoms with van der Waals surface area (Å²) in [5.41, 5.74) is -0.452. The minimum atomic E-state index is -3.33. The Morgan fingerprint density at radius 2 is 1.24 bits per heavy atom. The van der Waals surface area contributed by atoms with Crippen LogP contribution in [0.4, 0.5) is 4.79 Å². The van der Waals surface area contributed by atoms with Gasteiger partial charge in [-0.25, -0.2) is 13.2 Å². The highest BCUT2D eigenvalue weighted by Crippen LogP contribution is 2.12. The van der Waals surface area contributed by atoms with Crippen molar-refractivity contribution in [1.29, 1.82) is 0 Å². The Hall–Kier alpha value is -1.31. The predicted molar refractivity (Wildman–Crippen MR) is 116 cm³/mol. The van der Waals surface area contributed by atoms with E-state index in [1.807, 2.05) is 20.8 Å². The summed E-state index contributed by atoms with van der Waals surface area (Å²) in [5, 5.41) is 2.77. The summed E-state index contributed by atoms with van der Waals surface area (Å²) in [6.07, 6.45) is 11.3. The number of carbonyl (C=O) groups excluding carboxylic acids is 2. The van der Waals surface area contributed by atoms with Crippen LogP contribution >= 0.6 is 0 Å². The van der Waals surface area contributed by atoms with E-state index in [4.69, 9.17) is 4.74 Å². The monoisotopic (exact) mass is 435 g/mol. The first-order valence-electron chi connectivity index (χ1n) is 10.8. The molecule has 0 aliphatic carbocycles. The molecule has 7 nitrogen and oxygen atoms in total. The summed E-state index contributed by atoms with van der Waals surface area (Å²) >= 11 is 0. The van der Waals surface area contributed by atoms with Crippen LogP contribution in [0.3, 0.4) is 0 Å². The lowest BCUT2D eigenvalue weighted by Crippen LogP contribution is -2.32. The number of methoxy groups -OCH3 is 1. The van der Waals surface area contributed by atoms with E-state index >= 15 is 0 Å². The summed E-state index contributed by atoms with van der Waals surface area (Å²) in [7, 11) is -2.13. The molecule has 0 atom stereocenters. The molecule has 0 aliphatic rings. The minimum absolute atomic E-state index is 0.0604. The van der Waals surface area contributed by atoms with Gasteiger partial charge in [0.05, 0.1) is 12.9 Å². The van der Waals surface area contributed by atoms with Crippen molar-refractivity contribution in [2.45, 2.75) is 97.0 Å². The van der Waals surface area contributed by atoms with E-state index in [9.17, 15) is 18.0 Å². The summed E-state index contributed by atoms with van der Waals surface area (Å²) in [4.78, 5) is 22.5. The largest absolute Gasteiger partial charge is 0.468 e. The summed E-state index contributed by atoms with van der Waals surface area (Å²) in [6, 6.07) is 0. The van der Waals surface area contributed by atoms with E-state index in [0.29, 0.717) is 13.0 Å². The van der Waals surface area contributed by atoms with Gasteiger partial charge in [-0.05, 0) is 33.6 Å². The number of ether oxygens (including phenoxy) is 2. The van der Waals surface area contributed by atoms with Crippen LogP contribution < -0.4 is 5.32 Å². The molecule has 8 heteroatoms. The Kier molecular flexibility index (Phi) is 14.8. The number of esters is 1. The van der Waals surface area contributed by atoms with Gasteiger partial charge in [0.2, 0.25) is 0 Å². The van der Waals surface area contributed by atoms with Crippen molar-refractivity contribution in [2.75, 3.05) is 25.2 Å². The predicted octanol–water partition coefficient (Wildman–Crippen LogP) is 4.39. The van der Waals surface area contributed by atoms with E-state index < -0.39 is 27.2 Å². The van der Waals surface area contributed by atoms with E-state index in [1.165, 1.54) is 39.2 Å². The van der Waals surface area contributed by atoms with E-state index in [-0.39, 0.29) is 11.8 Å². The molecular formula is C21H41NO6S. The quantitative estimate of drug-likeness (QED) is 0.285. The minimum Gasteiger partial charge on any atom is -0.468 e. The fraction of sp³-hybridized carbons (Fsp3) is 0.905. The average molecular weight is 436 g/mol. The Morgan fingerprint density at radius 1 is 0.793 bits per heavy atom. The van der Waals surface area contributed by atoms with Gasteiger partial charge >= 0.3 is 12.1 Å². The normalized spacial score (nSPS) is 11.9. The van der Waals surface area contributed by atoms with Gasteiger partial charge in [-0.1, -0.05) is 57.8 Å². The maximum absolute atomic E-state index is 11.7. The summed E-state index contributed by atoms with van der Waals surface area (Å²) in [5.74, 6) is -1.14. The smallest absolute Gasteiger partial charge is 0.407 e. The van der Waals surface area contributed by atoms with Gasteiger partial charge in [0.25, 0.3) is 0 Å². The van der Waals surface area contributed by atoms with Crippen molar-refractivity contribution in [3.63, 3.8) is 0 Å². The third kappa shape index (κ3) is 19.8. The second-order valence-corrected chi connectivity index (χ2v) is 10.7. The van der Waals surface area contributed by atoms with Gasteiger partial charge in [-0.2, -0.15) is 0 Å². The molecule has 0 rings (SSSR count). The average Bonchev–Trinajstić information content (AvgIpc) is 2.59. The molecule has 0 aliphatic heterocycles. The zero-order chi connectivity index (χ0) is 22.2. The van der Waals surface area contributed by atoms with Crippen molar-refractivity contribution >= 4 is 21.9 Å². The second kappa shape index (κ2) is 15.5. The highest BCUT2D eigenvalue weighted by molar-refractivity contribution is 7.92. The van der Waals surface area contributed by atoms with Crippen LogP contribution in [0.25, 0.3) is 0 Å². The maximum atomic E-state index is 11.7. The van der Waals surface area contributed by atoms with Gasteiger partial charge in [0.1, 0.15) is 11.4 Å². The molecule has 0 saturated heterocycles. The number of nitrogens with one attached hydrogen (secondary N) is 1. The summed E-state index contributed by atoms with van der Waals surface area (Å²) < 4.78 is 32.9. The standard InChI is InChI=1S/C21H41NO6S/c1-21(2,3)28-20(24)22-16-14-12-10-8-6-5-7-9-11-13-15-17-29(25,26)18-19(23)27-4/h5-18H2,1-4H3,(H,22,24). The third-order valence-corrected chi connectivity index (χ3v) is 5.95. The second-order valence-electron chi connectivity index (χ2n) is 8.49. The zero-order valence-electron chi connectivity index (χ0n) is 18.8. The Bertz CT molecular complexity index is 554. The Morgan fingerprint density at radius 3 is 1.69 bits per heavy atom. The molecule has 29 heavy (non-hydrogen) atoms. The number of carbonyl (C=O) groups is 2. The van der Waals surface area contributed by atoms with Crippen molar-refractivity contribution < 1.29 is 27.5 Å². The first kappa shape index (κ1) is 27.7. The molecule has 0 radical (unpaired) electrons. The number of amides is 1. The van der Waals surface area contributed by atoms with Gasteiger partial charge in [0.15, 0.2) is 9.84 Å². The number of sulfone groups is 1. The van der Waals surface area contributed by atoms with Crippen molar-refractivity contribution in [3.8, 4) is 0 Å². The number of alkyl carbamates (subject to hydrolysis) is 1.